The second-order valence-corrected chi connectivity index (χ2v) is 22.0. The molecule has 452 valence electrons. The Hall–Kier alpha value is -3.93. The molecule has 0 amide bonds. The van der Waals surface area contributed by atoms with Crippen molar-refractivity contribution in [3.05, 3.63) is 109 Å². The van der Waals surface area contributed by atoms with Crippen LogP contribution in [0, 0.1) is 0 Å². The Bertz CT molecular complexity index is 1590. The fraction of sp³-hybridized carbons (Fsp3) is 0.712. The summed E-state index contributed by atoms with van der Waals surface area (Å²) >= 11 is 0. The van der Waals surface area contributed by atoms with Gasteiger partial charge in [0.15, 0.2) is 6.10 Å². The zero-order chi connectivity index (χ0) is 57.1. The summed E-state index contributed by atoms with van der Waals surface area (Å²) in [5.41, 5.74) is 0. The third kappa shape index (κ3) is 64.8. The molecule has 0 aliphatic heterocycles. The lowest BCUT2D eigenvalue weighted by Gasteiger charge is -2.18. The van der Waals surface area contributed by atoms with E-state index in [0.29, 0.717) is 19.3 Å². The average Bonchev–Trinajstić information content (AvgIpc) is 3.45. The molecular formula is C73H124O6. The summed E-state index contributed by atoms with van der Waals surface area (Å²) in [6, 6.07) is 0. The molecule has 0 aromatic carbocycles. The Morgan fingerprint density at radius 1 is 0.266 bits per heavy atom. The maximum Gasteiger partial charge on any atom is 0.306 e. The summed E-state index contributed by atoms with van der Waals surface area (Å²) in [6.45, 7) is 6.47. The first-order valence-electron chi connectivity index (χ1n) is 33.4. The summed E-state index contributed by atoms with van der Waals surface area (Å²) in [5, 5.41) is 0. The molecular weight excluding hydrogens is 973 g/mol. The van der Waals surface area contributed by atoms with Crippen LogP contribution in [0.4, 0.5) is 0 Å². The van der Waals surface area contributed by atoms with E-state index in [2.05, 4.69) is 124 Å². The van der Waals surface area contributed by atoms with Crippen molar-refractivity contribution in [1.29, 1.82) is 0 Å². The lowest BCUT2D eigenvalue weighted by molar-refractivity contribution is -0.166. The van der Waals surface area contributed by atoms with Crippen LogP contribution < -0.4 is 0 Å². The normalized spacial score (nSPS) is 12.8. The van der Waals surface area contributed by atoms with Crippen molar-refractivity contribution in [2.45, 2.75) is 322 Å². The predicted octanol–water partition coefficient (Wildman–Crippen LogP) is 23.0. The molecule has 1 atom stereocenters. The fourth-order valence-corrected chi connectivity index (χ4v) is 9.26. The van der Waals surface area contributed by atoms with Gasteiger partial charge in [0, 0.05) is 19.3 Å². The molecule has 1 unspecified atom stereocenters. The van der Waals surface area contributed by atoms with Crippen LogP contribution in [-0.4, -0.2) is 37.2 Å². The summed E-state index contributed by atoms with van der Waals surface area (Å²) in [4.78, 5) is 38.4. The molecule has 0 radical (unpaired) electrons. The van der Waals surface area contributed by atoms with Gasteiger partial charge in [-0.2, -0.15) is 0 Å². The highest BCUT2D eigenvalue weighted by atomic mass is 16.6. The summed E-state index contributed by atoms with van der Waals surface area (Å²) < 4.78 is 16.9. The van der Waals surface area contributed by atoms with Gasteiger partial charge >= 0.3 is 17.9 Å². The largest absolute Gasteiger partial charge is 0.462 e. The Balaban J connectivity index is 4.46. The lowest BCUT2D eigenvalue weighted by Crippen LogP contribution is -2.30. The first-order valence-corrected chi connectivity index (χ1v) is 33.4. The maximum absolute atomic E-state index is 12.9. The molecule has 0 aliphatic rings. The topological polar surface area (TPSA) is 78.9 Å². The SMILES string of the molecule is CC/C=C\C/C=C\C/C=C\C/C=C\C/C=C\C/C=C\CCC(=O)OC(COC(=O)CCCCCCCCCCC/C=C\C/C=C\CCCCC)COC(=O)CCCCCCCCCCCCC/C=C\CCCCCCCCCC. The van der Waals surface area contributed by atoms with E-state index in [0.717, 1.165) is 83.5 Å². The minimum Gasteiger partial charge on any atom is -0.462 e. The lowest BCUT2D eigenvalue weighted by atomic mass is 10.0. The van der Waals surface area contributed by atoms with E-state index in [1.54, 1.807) is 0 Å². The summed E-state index contributed by atoms with van der Waals surface area (Å²) in [7, 11) is 0. The molecule has 79 heavy (non-hydrogen) atoms. The molecule has 0 heterocycles. The van der Waals surface area contributed by atoms with Gasteiger partial charge in [-0.05, 0) is 116 Å². The highest BCUT2D eigenvalue weighted by molar-refractivity contribution is 5.71. The number of rotatable bonds is 60. The third-order valence-corrected chi connectivity index (χ3v) is 14.2. The first-order chi connectivity index (χ1) is 39.0. The molecule has 0 spiro atoms. The molecule has 6 nitrogen and oxygen atoms in total. The number of allylic oxidation sites excluding steroid dienone is 18. The van der Waals surface area contributed by atoms with E-state index >= 15 is 0 Å². The minimum absolute atomic E-state index is 0.110. The first kappa shape index (κ1) is 75.1. The molecule has 0 aromatic rings. The van der Waals surface area contributed by atoms with Gasteiger partial charge < -0.3 is 14.2 Å². The van der Waals surface area contributed by atoms with Crippen LogP contribution in [0.1, 0.15) is 316 Å². The number of esters is 3. The summed E-state index contributed by atoms with van der Waals surface area (Å²) in [5.74, 6) is -0.990. The van der Waals surface area contributed by atoms with Crippen molar-refractivity contribution in [3.63, 3.8) is 0 Å². The third-order valence-electron chi connectivity index (χ3n) is 14.2. The van der Waals surface area contributed by atoms with E-state index in [1.807, 2.05) is 6.08 Å². The average molecular weight is 1100 g/mol. The number of unbranched alkanes of at least 4 members (excludes halogenated alkanes) is 31. The van der Waals surface area contributed by atoms with Crippen LogP contribution in [-0.2, 0) is 28.6 Å². The highest BCUT2D eigenvalue weighted by Crippen LogP contribution is 2.16. The Kier molecular flexibility index (Phi) is 63.3. The number of ether oxygens (including phenoxy) is 3. The van der Waals surface area contributed by atoms with Gasteiger partial charge in [-0.25, -0.2) is 0 Å². The fourth-order valence-electron chi connectivity index (χ4n) is 9.26. The zero-order valence-electron chi connectivity index (χ0n) is 51.9. The van der Waals surface area contributed by atoms with Gasteiger partial charge in [0.1, 0.15) is 13.2 Å². The predicted molar refractivity (Wildman–Crippen MR) is 343 cm³/mol. The quantitative estimate of drug-likeness (QED) is 0.0261. The molecule has 0 fully saturated rings. The van der Waals surface area contributed by atoms with Crippen LogP contribution in [0.3, 0.4) is 0 Å². The van der Waals surface area contributed by atoms with Crippen molar-refractivity contribution in [2.24, 2.45) is 0 Å². The van der Waals surface area contributed by atoms with Crippen LogP contribution in [0.5, 0.6) is 0 Å². The molecule has 0 saturated heterocycles. The highest BCUT2D eigenvalue weighted by Gasteiger charge is 2.19. The maximum atomic E-state index is 12.9. The van der Waals surface area contributed by atoms with E-state index in [9.17, 15) is 14.4 Å². The van der Waals surface area contributed by atoms with E-state index in [4.69, 9.17) is 14.2 Å². The number of hydrogen-bond donors (Lipinski definition) is 0. The van der Waals surface area contributed by atoms with E-state index in [1.165, 1.54) is 186 Å². The molecule has 0 aromatic heterocycles. The van der Waals surface area contributed by atoms with Crippen molar-refractivity contribution in [2.75, 3.05) is 13.2 Å². The molecule has 0 rings (SSSR count). The molecule has 0 N–H and O–H groups in total. The molecule has 0 bridgehead atoms. The second-order valence-electron chi connectivity index (χ2n) is 22.0. The molecule has 6 heteroatoms. The van der Waals surface area contributed by atoms with Gasteiger partial charge in [0.25, 0.3) is 0 Å². The summed E-state index contributed by atoms with van der Waals surface area (Å²) in [6.07, 6.45) is 91.1. The van der Waals surface area contributed by atoms with Crippen molar-refractivity contribution in [3.8, 4) is 0 Å². The van der Waals surface area contributed by atoms with Crippen molar-refractivity contribution < 1.29 is 28.6 Å². The van der Waals surface area contributed by atoms with Gasteiger partial charge in [0.2, 0.25) is 0 Å². The van der Waals surface area contributed by atoms with Gasteiger partial charge in [0.05, 0.1) is 0 Å². The van der Waals surface area contributed by atoms with Crippen molar-refractivity contribution >= 4 is 17.9 Å². The second kappa shape index (κ2) is 66.6. The Morgan fingerprint density at radius 3 is 0.861 bits per heavy atom. The molecule has 0 aliphatic carbocycles. The van der Waals surface area contributed by atoms with Crippen LogP contribution in [0.25, 0.3) is 0 Å². The zero-order valence-corrected chi connectivity index (χ0v) is 51.9. The van der Waals surface area contributed by atoms with E-state index < -0.39 is 12.1 Å². The standard InChI is InChI=1S/C73H124O6/c1-4-7-10-13-16-19-22-25-28-31-34-35-36-37-40-42-45-48-51-54-57-60-63-66-72(75)78-69-70(79-73(76)67-64-61-58-55-52-49-46-43-39-33-30-27-24-21-18-15-12-9-6-3)68-77-71(74)65-62-59-56-53-50-47-44-41-38-32-29-26-23-20-17-14-11-8-5-2/h9,12,17-18,20-21,26-27,29-31,34,39,43,49,52,58,61,70H,4-8,10-11,13-16,19,22-25,28,32-33,35-38,40-42,44-48,50-51,53-57,59-60,62-69H2,1-3H3/b12-9-,20-17-,21-18-,29-26-,30-27-,34-31-,43-39-,52-49-,61-58-. The Labute approximate surface area is 489 Å². The molecule has 0 saturated carbocycles. The number of carbonyl (C=O) groups is 3. The van der Waals surface area contributed by atoms with Crippen LogP contribution in [0.2, 0.25) is 0 Å². The van der Waals surface area contributed by atoms with Gasteiger partial charge in [-0.3, -0.25) is 14.4 Å². The van der Waals surface area contributed by atoms with E-state index in [-0.39, 0.29) is 31.6 Å². The smallest absolute Gasteiger partial charge is 0.306 e. The van der Waals surface area contributed by atoms with Crippen LogP contribution in [0.15, 0.2) is 109 Å². The van der Waals surface area contributed by atoms with Crippen molar-refractivity contribution in [1.82, 2.24) is 0 Å². The van der Waals surface area contributed by atoms with Gasteiger partial charge in [-0.1, -0.05) is 291 Å². The number of carbonyl (C=O) groups excluding carboxylic acids is 3. The monoisotopic (exact) mass is 1100 g/mol. The van der Waals surface area contributed by atoms with Crippen LogP contribution >= 0.6 is 0 Å². The Morgan fingerprint density at radius 2 is 0.519 bits per heavy atom. The minimum atomic E-state index is -0.824. The van der Waals surface area contributed by atoms with Gasteiger partial charge in [-0.15, -0.1) is 0 Å². The number of hydrogen-bond acceptors (Lipinski definition) is 6.